The molecule has 0 atom stereocenters. The molecule has 2 aromatic carbocycles. The molecular formula is C24H26FNO3. The van der Waals surface area contributed by atoms with Gasteiger partial charge in [0.2, 0.25) is 0 Å². The van der Waals surface area contributed by atoms with Gasteiger partial charge in [0, 0.05) is 22.9 Å². The van der Waals surface area contributed by atoms with Crippen molar-refractivity contribution >= 4 is 17.4 Å². The van der Waals surface area contributed by atoms with Crippen LogP contribution in [-0.2, 0) is 4.74 Å². The van der Waals surface area contributed by atoms with Crippen LogP contribution >= 0.6 is 0 Å². The summed E-state index contributed by atoms with van der Waals surface area (Å²) in [5, 5.41) is 2.74. The third-order valence-corrected chi connectivity index (χ3v) is 4.52. The Balaban J connectivity index is 2.05. The first-order valence-electron chi connectivity index (χ1n) is 9.47. The number of rotatable bonds is 3. The zero-order chi connectivity index (χ0) is 21.4. The average Bonchev–Trinajstić information content (AvgIpc) is 2.58. The minimum absolute atomic E-state index is 0.294. The molecule has 5 heteroatoms. The van der Waals surface area contributed by atoms with Crippen LogP contribution in [0.2, 0.25) is 0 Å². The van der Waals surface area contributed by atoms with Crippen molar-refractivity contribution in [3.05, 3.63) is 77.6 Å². The predicted octanol–water partition coefficient (Wildman–Crippen LogP) is 6.33. The van der Waals surface area contributed by atoms with Crippen molar-refractivity contribution in [3.63, 3.8) is 0 Å². The summed E-state index contributed by atoms with van der Waals surface area (Å²) in [6.45, 7) is 13.3. The molecule has 29 heavy (non-hydrogen) atoms. The summed E-state index contributed by atoms with van der Waals surface area (Å²) in [5.74, 6) is 0.325. The molecule has 1 N–H and O–H groups in total. The van der Waals surface area contributed by atoms with Crippen molar-refractivity contribution in [2.45, 2.75) is 45.8 Å². The smallest absolute Gasteiger partial charge is 0.412 e. The molecule has 0 radical (unpaired) electrons. The van der Waals surface area contributed by atoms with Crippen LogP contribution in [0.25, 0.3) is 5.57 Å². The first-order valence-corrected chi connectivity index (χ1v) is 9.47. The van der Waals surface area contributed by atoms with Gasteiger partial charge in [-0.25, -0.2) is 9.18 Å². The zero-order valence-electron chi connectivity index (χ0n) is 17.4. The SMILES string of the molecule is C=CC1=C(c2ccc(F)cc2)c2ccc(NC(=O)OC(C)(C)C)cc2OC1(C)C. The van der Waals surface area contributed by atoms with Crippen LogP contribution in [0.4, 0.5) is 14.9 Å². The highest BCUT2D eigenvalue weighted by Crippen LogP contribution is 2.45. The molecular weight excluding hydrogens is 369 g/mol. The summed E-state index contributed by atoms with van der Waals surface area (Å²) in [6.07, 6.45) is 1.24. The number of nitrogens with one attached hydrogen (secondary N) is 1. The fourth-order valence-corrected chi connectivity index (χ4v) is 3.36. The van der Waals surface area contributed by atoms with Gasteiger partial charge in [-0.2, -0.15) is 0 Å². The topological polar surface area (TPSA) is 47.6 Å². The van der Waals surface area contributed by atoms with Gasteiger partial charge in [0.1, 0.15) is 22.8 Å². The number of fused-ring (bicyclic) bond motifs is 1. The standard InChI is InChI=1S/C24H26FNO3/c1-7-19-21(15-8-10-16(25)11-9-15)18-13-12-17(14-20(18)28-24(19,5)6)26-22(27)29-23(2,3)4/h7-14H,1H2,2-6H3,(H,26,27). The predicted molar refractivity (Wildman–Crippen MR) is 114 cm³/mol. The Morgan fingerprint density at radius 2 is 1.83 bits per heavy atom. The largest absolute Gasteiger partial charge is 0.482 e. The molecule has 1 amide bonds. The number of carbonyl (C=O) groups is 1. The van der Waals surface area contributed by atoms with E-state index in [0.29, 0.717) is 11.4 Å². The molecule has 0 aliphatic carbocycles. The van der Waals surface area contributed by atoms with E-state index in [0.717, 1.165) is 22.3 Å². The lowest BCUT2D eigenvalue weighted by atomic mass is 9.82. The van der Waals surface area contributed by atoms with E-state index in [4.69, 9.17) is 9.47 Å². The maximum atomic E-state index is 13.5. The molecule has 1 heterocycles. The molecule has 0 unspecified atom stereocenters. The fraction of sp³-hybridized carbons (Fsp3) is 0.292. The van der Waals surface area contributed by atoms with Crippen LogP contribution in [0.15, 0.2) is 60.7 Å². The lowest BCUT2D eigenvalue weighted by Crippen LogP contribution is -2.34. The van der Waals surface area contributed by atoms with Crippen LogP contribution < -0.4 is 10.1 Å². The third-order valence-electron chi connectivity index (χ3n) is 4.52. The number of halogens is 1. The molecule has 0 fully saturated rings. The van der Waals surface area contributed by atoms with Crippen LogP contribution in [-0.4, -0.2) is 17.3 Å². The van der Waals surface area contributed by atoms with E-state index in [-0.39, 0.29) is 5.82 Å². The van der Waals surface area contributed by atoms with Crippen LogP contribution in [0.3, 0.4) is 0 Å². The molecule has 1 aliphatic rings. The highest BCUT2D eigenvalue weighted by atomic mass is 19.1. The highest BCUT2D eigenvalue weighted by Gasteiger charge is 2.34. The number of ether oxygens (including phenoxy) is 2. The Kier molecular flexibility index (Phi) is 5.26. The number of benzene rings is 2. The van der Waals surface area contributed by atoms with Crippen LogP contribution in [0.1, 0.15) is 45.7 Å². The second-order valence-electron chi connectivity index (χ2n) is 8.45. The summed E-state index contributed by atoms with van der Waals surface area (Å²) >= 11 is 0. The van der Waals surface area contributed by atoms with Crippen molar-refractivity contribution in [1.82, 2.24) is 0 Å². The van der Waals surface area contributed by atoms with Crippen LogP contribution in [0.5, 0.6) is 5.75 Å². The lowest BCUT2D eigenvalue weighted by molar-refractivity contribution is 0.0636. The Morgan fingerprint density at radius 1 is 1.17 bits per heavy atom. The minimum atomic E-state index is -0.650. The van der Waals surface area contributed by atoms with Gasteiger partial charge >= 0.3 is 6.09 Å². The molecule has 0 bridgehead atoms. The van der Waals surface area contributed by atoms with E-state index in [1.54, 1.807) is 30.3 Å². The second kappa shape index (κ2) is 7.39. The molecule has 0 saturated heterocycles. The lowest BCUT2D eigenvalue weighted by Gasteiger charge is -2.36. The normalized spacial score (nSPS) is 15.2. The molecule has 4 nitrogen and oxygen atoms in total. The molecule has 2 aromatic rings. The van der Waals surface area contributed by atoms with Crippen molar-refractivity contribution in [2.75, 3.05) is 5.32 Å². The number of anilines is 1. The third kappa shape index (κ3) is 4.50. The van der Waals surface area contributed by atoms with Gasteiger partial charge in [-0.3, -0.25) is 5.32 Å². The van der Waals surface area contributed by atoms with Gasteiger partial charge in [0.15, 0.2) is 0 Å². The first kappa shape index (κ1) is 20.6. The quantitative estimate of drug-likeness (QED) is 0.660. The Hall–Kier alpha value is -3.08. The van der Waals surface area contributed by atoms with Crippen molar-refractivity contribution in [3.8, 4) is 5.75 Å². The van der Waals surface area contributed by atoms with E-state index >= 15 is 0 Å². The van der Waals surface area contributed by atoms with Gasteiger partial charge in [-0.1, -0.05) is 24.8 Å². The molecule has 3 rings (SSSR count). The van der Waals surface area contributed by atoms with E-state index in [1.165, 1.54) is 12.1 Å². The van der Waals surface area contributed by atoms with Gasteiger partial charge in [-0.05, 0) is 70.0 Å². The number of hydrogen-bond acceptors (Lipinski definition) is 3. The number of carbonyl (C=O) groups excluding carboxylic acids is 1. The number of amides is 1. The monoisotopic (exact) mass is 395 g/mol. The molecule has 0 spiro atoms. The van der Waals surface area contributed by atoms with Gasteiger partial charge in [-0.15, -0.1) is 0 Å². The fourth-order valence-electron chi connectivity index (χ4n) is 3.36. The summed E-state index contributed by atoms with van der Waals surface area (Å²) in [4.78, 5) is 12.1. The Morgan fingerprint density at radius 3 is 2.41 bits per heavy atom. The summed E-state index contributed by atoms with van der Waals surface area (Å²) in [7, 11) is 0. The minimum Gasteiger partial charge on any atom is -0.482 e. The summed E-state index contributed by atoms with van der Waals surface area (Å²) in [5.41, 5.74) is 2.87. The van der Waals surface area contributed by atoms with E-state index in [2.05, 4.69) is 11.9 Å². The van der Waals surface area contributed by atoms with Crippen molar-refractivity contribution in [1.29, 1.82) is 0 Å². The maximum absolute atomic E-state index is 13.5. The summed E-state index contributed by atoms with van der Waals surface area (Å²) < 4.78 is 25.0. The summed E-state index contributed by atoms with van der Waals surface area (Å²) in [6, 6.07) is 11.8. The Bertz CT molecular complexity index is 982. The molecule has 0 aromatic heterocycles. The maximum Gasteiger partial charge on any atom is 0.412 e. The Labute approximate surface area is 171 Å². The number of hydrogen-bond donors (Lipinski definition) is 1. The van der Waals surface area contributed by atoms with E-state index < -0.39 is 17.3 Å². The second-order valence-corrected chi connectivity index (χ2v) is 8.45. The molecule has 1 aliphatic heterocycles. The van der Waals surface area contributed by atoms with Crippen molar-refractivity contribution < 1.29 is 18.7 Å². The van der Waals surface area contributed by atoms with Gasteiger partial charge < -0.3 is 9.47 Å². The highest BCUT2D eigenvalue weighted by molar-refractivity contribution is 5.91. The zero-order valence-corrected chi connectivity index (χ0v) is 17.4. The van der Waals surface area contributed by atoms with Gasteiger partial charge in [0.25, 0.3) is 0 Å². The molecule has 0 saturated carbocycles. The van der Waals surface area contributed by atoms with E-state index in [1.807, 2.05) is 40.7 Å². The average molecular weight is 395 g/mol. The molecule has 152 valence electrons. The van der Waals surface area contributed by atoms with Gasteiger partial charge in [0.05, 0.1) is 0 Å². The van der Waals surface area contributed by atoms with E-state index in [9.17, 15) is 9.18 Å². The van der Waals surface area contributed by atoms with Crippen LogP contribution in [0, 0.1) is 5.82 Å². The first-order chi connectivity index (χ1) is 13.5. The van der Waals surface area contributed by atoms with Crippen molar-refractivity contribution in [2.24, 2.45) is 0 Å².